The smallest absolute Gasteiger partial charge is 0.439 e. The molecule has 0 spiro atoms. The molecule has 2 rings (SSSR count). The maximum absolute atomic E-state index is 11.2. The summed E-state index contributed by atoms with van der Waals surface area (Å²) in [6.45, 7) is 0.190. The van der Waals surface area contributed by atoms with E-state index >= 15 is 0 Å². The number of carbonyl (C=O) groups excluding carboxylic acids is 2. The summed E-state index contributed by atoms with van der Waals surface area (Å²) in [5.74, 6) is 3.32. The third-order valence-electron chi connectivity index (χ3n) is 2.72. The number of hydrogen-bond donors (Lipinski definition) is 0. The van der Waals surface area contributed by atoms with Crippen LogP contribution >= 0.6 is 0 Å². The molecule has 0 aromatic heterocycles. The molecule has 0 aromatic carbocycles. The van der Waals surface area contributed by atoms with Crippen molar-refractivity contribution in [3.05, 3.63) is 0 Å². The van der Waals surface area contributed by atoms with Gasteiger partial charge in [0.2, 0.25) is 11.5 Å². The molecule has 2 aliphatic rings. The van der Waals surface area contributed by atoms with E-state index in [1.807, 2.05) is 0 Å². The fourth-order valence-electron chi connectivity index (χ4n) is 2.02. The lowest BCUT2D eigenvalue weighted by Gasteiger charge is -2.15. The number of nitrogens with zero attached hydrogens (tertiary/aromatic N) is 2. The molecule has 0 bridgehead atoms. The highest BCUT2D eigenvalue weighted by molar-refractivity contribution is 7.66. The van der Waals surface area contributed by atoms with Gasteiger partial charge in [0, 0.05) is 0 Å². The van der Waals surface area contributed by atoms with Crippen LogP contribution in [0.2, 0.25) is 0 Å². The summed E-state index contributed by atoms with van der Waals surface area (Å²) in [5, 5.41) is 0. The minimum absolute atomic E-state index is 0.0788. The molecule has 0 aromatic rings. The van der Waals surface area contributed by atoms with Crippen LogP contribution in [0.15, 0.2) is 8.73 Å². The lowest BCUT2D eigenvalue weighted by atomic mass is 10.1. The Hall–Kier alpha value is -1.43. The van der Waals surface area contributed by atoms with Crippen LogP contribution in [0, 0.1) is 0 Å². The summed E-state index contributed by atoms with van der Waals surface area (Å²) in [4.78, 5) is 22.3. The number of carbonyl (C=O) groups is 2. The van der Waals surface area contributed by atoms with Gasteiger partial charge in [-0.25, -0.2) is 9.59 Å². The highest BCUT2D eigenvalue weighted by Gasteiger charge is 2.51. The molecule has 110 valence electrons. The summed E-state index contributed by atoms with van der Waals surface area (Å²) in [6, 6.07) is 0. The van der Waals surface area contributed by atoms with Crippen molar-refractivity contribution in [2.24, 2.45) is 8.73 Å². The predicted molar refractivity (Wildman–Crippen MR) is 67.5 cm³/mol. The van der Waals surface area contributed by atoms with E-state index in [0.29, 0.717) is 0 Å². The van der Waals surface area contributed by atoms with Gasteiger partial charge in [-0.1, -0.05) is 4.36 Å². The predicted octanol–water partition coefficient (Wildman–Crippen LogP) is -0.111. The Morgan fingerprint density at radius 2 is 1.55 bits per heavy atom. The molecular formula is C9H10N2O7S2. The minimum atomic E-state index is -0.994. The summed E-state index contributed by atoms with van der Waals surface area (Å²) in [6.07, 6.45) is -4.19. The van der Waals surface area contributed by atoms with E-state index in [0.717, 1.165) is 11.1 Å². The van der Waals surface area contributed by atoms with Gasteiger partial charge in [-0.3, -0.25) is 0 Å². The third-order valence-corrected chi connectivity index (χ3v) is 3.22. The van der Waals surface area contributed by atoms with Gasteiger partial charge in [0.1, 0.15) is 12.2 Å². The highest BCUT2D eigenvalue weighted by atomic mass is 32.1. The van der Waals surface area contributed by atoms with Crippen molar-refractivity contribution in [2.75, 3.05) is 13.2 Å². The SMILES string of the molecule is C=S=NC(=O)O[C@H]1CO[C@H]2[C@@H]1OC[C@H]2OC(=O)N=S=O. The van der Waals surface area contributed by atoms with Crippen molar-refractivity contribution in [2.45, 2.75) is 24.4 Å². The largest absolute Gasteiger partial charge is 0.447 e. The van der Waals surface area contributed by atoms with Gasteiger partial charge in [0.25, 0.3) is 0 Å². The van der Waals surface area contributed by atoms with E-state index < -0.39 is 36.6 Å². The van der Waals surface area contributed by atoms with Crippen molar-refractivity contribution in [1.82, 2.24) is 0 Å². The Bertz CT molecular complexity index is 468. The van der Waals surface area contributed by atoms with Crippen LogP contribution in [0.5, 0.6) is 0 Å². The standard InChI is InChI=1S/C9H10N2O7S2/c1-19-10-8(12)17-4-2-15-7-5(3-16-6(4)7)18-9(13)11-20-14/h4-7H,1-3H2/t4-,5+,6+,7+/m0/s1. The summed E-state index contributed by atoms with van der Waals surface area (Å²) in [5.41, 5.74) is 0. The zero-order valence-corrected chi connectivity index (χ0v) is 11.6. The van der Waals surface area contributed by atoms with E-state index in [4.69, 9.17) is 18.9 Å². The molecule has 0 saturated carbocycles. The lowest BCUT2D eigenvalue weighted by Crippen LogP contribution is -2.35. The van der Waals surface area contributed by atoms with Gasteiger partial charge in [-0.15, -0.1) is 4.36 Å². The molecule has 11 heteroatoms. The van der Waals surface area contributed by atoms with Crippen molar-refractivity contribution in [3.63, 3.8) is 0 Å². The first kappa shape index (κ1) is 15.0. The highest BCUT2D eigenvalue weighted by Crippen LogP contribution is 2.30. The molecule has 0 aliphatic carbocycles. The summed E-state index contributed by atoms with van der Waals surface area (Å²) >= 11 is 0.500. The van der Waals surface area contributed by atoms with Gasteiger partial charge >= 0.3 is 12.2 Å². The molecule has 2 saturated heterocycles. The van der Waals surface area contributed by atoms with Crippen LogP contribution < -0.4 is 0 Å². The van der Waals surface area contributed by atoms with Crippen LogP contribution in [0.3, 0.4) is 0 Å². The quantitative estimate of drug-likeness (QED) is 0.652. The Kier molecular flexibility index (Phi) is 5.11. The Labute approximate surface area is 120 Å². The average molecular weight is 322 g/mol. The fraction of sp³-hybridized carbons (Fsp3) is 0.667. The molecular weight excluding hydrogens is 312 g/mol. The van der Waals surface area contributed by atoms with Gasteiger partial charge in [0.05, 0.1) is 13.2 Å². The molecule has 0 N–H and O–H groups in total. The zero-order valence-electron chi connectivity index (χ0n) is 10.00. The maximum Gasteiger partial charge on any atom is 0.447 e. The monoisotopic (exact) mass is 322 g/mol. The summed E-state index contributed by atoms with van der Waals surface area (Å²) < 4.78 is 37.2. The van der Waals surface area contributed by atoms with Crippen LogP contribution in [0.4, 0.5) is 9.59 Å². The van der Waals surface area contributed by atoms with Gasteiger partial charge in [-0.2, -0.15) is 4.21 Å². The van der Waals surface area contributed by atoms with Crippen molar-refractivity contribution < 1.29 is 32.7 Å². The van der Waals surface area contributed by atoms with Crippen molar-refractivity contribution in [3.8, 4) is 0 Å². The molecule has 20 heavy (non-hydrogen) atoms. The number of ether oxygens (including phenoxy) is 4. The van der Waals surface area contributed by atoms with Crippen molar-refractivity contribution in [1.29, 1.82) is 0 Å². The number of fused-ring (bicyclic) bond motifs is 1. The minimum Gasteiger partial charge on any atom is -0.439 e. The van der Waals surface area contributed by atoms with E-state index in [9.17, 15) is 13.8 Å². The first-order chi connectivity index (χ1) is 9.65. The van der Waals surface area contributed by atoms with E-state index in [1.54, 1.807) is 0 Å². The Balaban J connectivity index is 1.93. The molecule has 0 unspecified atom stereocenters. The number of rotatable bonds is 2. The first-order valence-corrected chi connectivity index (χ1v) is 7.06. The average Bonchev–Trinajstić information content (AvgIpc) is 2.95. The molecule has 2 amide bonds. The molecule has 2 heterocycles. The second-order valence-corrected chi connectivity index (χ2v) is 4.60. The number of hydrogen-bond acceptors (Lipinski definition) is 7. The lowest BCUT2D eigenvalue weighted by molar-refractivity contribution is -0.00824. The first-order valence-electron chi connectivity index (χ1n) is 5.42. The fourth-order valence-corrected chi connectivity index (χ4v) is 2.27. The van der Waals surface area contributed by atoms with Gasteiger partial charge < -0.3 is 18.9 Å². The van der Waals surface area contributed by atoms with E-state index in [2.05, 4.69) is 14.6 Å². The molecule has 2 aliphatic heterocycles. The second-order valence-electron chi connectivity index (χ2n) is 3.83. The topological polar surface area (TPSA) is 113 Å². The maximum atomic E-state index is 11.2. The van der Waals surface area contributed by atoms with Crippen LogP contribution in [0.25, 0.3) is 0 Å². The Morgan fingerprint density at radius 1 is 1.05 bits per heavy atom. The van der Waals surface area contributed by atoms with Crippen LogP contribution in [-0.4, -0.2) is 59.9 Å². The number of amides is 2. The van der Waals surface area contributed by atoms with Crippen LogP contribution in [-0.2, 0) is 41.6 Å². The van der Waals surface area contributed by atoms with Crippen LogP contribution in [0.1, 0.15) is 0 Å². The normalized spacial score (nSPS) is 31.0. The van der Waals surface area contributed by atoms with E-state index in [-0.39, 0.29) is 24.7 Å². The molecule has 4 atom stereocenters. The second kappa shape index (κ2) is 6.83. The van der Waals surface area contributed by atoms with Crippen molar-refractivity contribution >= 4 is 40.7 Å². The molecule has 2 fully saturated rings. The summed E-state index contributed by atoms with van der Waals surface area (Å²) in [7, 11) is 0. The van der Waals surface area contributed by atoms with E-state index in [1.165, 1.54) is 0 Å². The molecule has 9 nitrogen and oxygen atoms in total. The third kappa shape index (κ3) is 3.36. The van der Waals surface area contributed by atoms with Gasteiger partial charge in [0.15, 0.2) is 12.2 Å². The van der Waals surface area contributed by atoms with Gasteiger partial charge in [-0.05, 0) is 17.0 Å². The Morgan fingerprint density at radius 3 is 2.00 bits per heavy atom. The molecule has 0 radical (unpaired) electrons. The zero-order chi connectivity index (χ0) is 14.5.